The zero-order valence-corrected chi connectivity index (χ0v) is 13.1. The van der Waals surface area contributed by atoms with Gasteiger partial charge in [-0.1, -0.05) is 30.4 Å². The van der Waals surface area contributed by atoms with Crippen molar-refractivity contribution in [1.82, 2.24) is 9.47 Å². The van der Waals surface area contributed by atoms with Gasteiger partial charge < -0.3 is 9.47 Å². The number of hydrogen-bond donors (Lipinski definition) is 0. The van der Waals surface area contributed by atoms with Crippen molar-refractivity contribution in [1.29, 1.82) is 0 Å². The van der Waals surface area contributed by atoms with Crippen molar-refractivity contribution in [3.05, 3.63) is 47.7 Å². The monoisotopic (exact) mass is 334 g/mol. The van der Waals surface area contributed by atoms with E-state index in [2.05, 4.69) is 11.1 Å². The molecule has 6 heteroatoms. The number of alkyl halides is 3. The largest absolute Gasteiger partial charge is 0.471 e. The van der Waals surface area contributed by atoms with E-state index < -0.39 is 12.1 Å². The zero-order valence-electron chi connectivity index (χ0n) is 13.1. The molecule has 3 nitrogen and oxygen atoms in total. The predicted octanol–water partition coefficient (Wildman–Crippen LogP) is 3.63. The van der Waals surface area contributed by atoms with Gasteiger partial charge in [0.2, 0.25) is 0 Å². The van der Waals surface area contributed by atoms with Gasteiger partial charge in [0.15, 0.2) is 0 Å². The average molecular weight is 334 g/mol. The molecular weight excluding hydrogens is 317 g/mol. The first-order valence-electron chi connectivity index (χ1n) is 7.99. The molecule has 0 aliphatic carbocycles. The van der Waals surface area contributed by atoms with E-state index in [-0.39, 0.29) is 19.0 Å². The van der Waals surface area contributed by atoms with Gasteiger partial charge in [0.05, 0.1) is 0 Å². The Hall–Kier alpha value is -2.24. The third-order valence-corrected chi connectivity index (χ3v) is 5.03. The molecular formula is C18H17F3N2O. The van der Waals surface area contributed by atoms with Crippen LogP contribution in [-0.2, 0) is 17.8 Å². The molecule has 126 valence electrons. The van der Waals surface area contributed by atoms with Gasteiger partial charge in [-0.25, -0.2) is 0 Å². The zero-order chi connectivity index (χ0) is 17.1. The first kappa shape index (κ1) is 15.3. The molecule has 24 heavy (non-hydrogen) atoms. The fraction of sp³-hybridized carbons (Fsp3) is 0.389. The Kier molecular flexibility index (Phi) is 3.27. The molecule has 0 fully saturated rings. The maximum Gasteiger partial charge on any atom is 0.471 e. The van der Waals surface area contributed by atoms with Crippen molar-refractivity contribution >= 4 is 16.8 Å². The van der Waals surface area contributed by atoms with Crippen LogP contribution in [0.15, 0.2) is 36.4 Å². The molecule has 2 aliphatic rings. The van der Waals surface area contributed by atoms with Gasteiger partial charge in [-0.15, -0.1) is 0 Å². The van der Waals surface area contributed by atoms with E-state index in [1.165, 1.54) is 0 Å². The Bertz CT molecular complexity index is 850. The summed E-state index contributed by atoms with van der Waals surface area (Å²) in [5, 5.41) is 1.08. The summed E-state index contributed by atoms with van der Waals surface area (Å²) >= 11 is 0. The van der Waals surface area contributed by atoms with Gasteiger partial charge in [0.1, 0.15) is 0 Å². The number of benzene rings is 1. The summed E-state index contributed by atoms with van der Waals surface area (Å²) in [6.07, 6.45) is -3.74. The number of para-hydroxylation sites is 1. The molecule has 1 atom stereocenters. The van der Waals surface area contributed by atoms with Crippen LogP contribution in [0, 0.1) is 0 Å². The van der Waals surface area contributed by atoms with Crippen molar-refractivity contribution in [2.45, 2.75) is 31.5 Å². The van der Waals surface area contributed by atoms with Gasteiger partial charge in [-0.3, -0.25) is 4.79 Å². The molecule has 4 rings (SSSR count). The third kappa shape index (κ3) is 2.24. The number of allylic oxidation sites excluding steroid dienone is 1. The number of hydrogen-bond acceptors (Lipinski definition) is 1. The maximum absolute atomic E-state index is 12.9. The van der Waals surface area contributed by atoms with Crippen LogP contribution in [0.1, 0.15) is 23.6 Å². The number of fused-ring (bicyclic) bond motifs is 3. The highest BCUT2D eigenvalue weighted by molar-refractivity contribution is 5.87. The van der Waals surface area contributed by atoms with Crippen molar-refractivity contribution in [3.8, 4) is 0 Å². The lowest BCUT2D eigenvalue weighted by molar-refractivity contribution is -0.185. The van der Waals surface area contributed by atoms with Crippen molar-refractivity contribution in [2.24, 2.45) is 0 Å². The summed E-state index contributed by atoms with van der Waals surface area (Å²) in [5.74, 6) is -1.86. The van der Waals surface area contributed by atoms with Crippen LogP contribution < -0.4 is 0 Å². The molecule has 0 bridgehead atoms. The molecule has 1 amide bonds. The Morgan fingerprint density at radius 3 is 2.75 bits per heavy atom. The average Bonchev–Trinajstić information content (AvgIpc) is 2.71. The van der Waals surface area contributed by atoms with E-state index in [0.29, 0.717) is 19.4 Å². The first-order chi connectivity index (χ1) is 11.4. The summed E-state index contributed by atoms with van der Waals surface area (Å²) < 4.78 is 40.8. The molecule has 2 aliphatic heterocycles. The molecule has 0 spiro atoms. The standard InChI is InChI=1S/C18H17F3N2O/c1-11-8-12-10-22(17(24)18(19,20)21)7-6-14-13-4-2-3-5-15(13)23(9-11)16(12)14/h2-5,12H,1,6-10H2. The van der Waals surface area contributed by atoms with Crippen LogP contribution >= 0.6 is 0 Å². The minimum absolute atomic E-state index is 0.0979. The fourth-order valence-corrected chi connectivity index (χ4v) is 4.15. The molecule has 1 aromatic carbocycles. The number of carbonyl (C=O) groups excluding carboxylic acids is 1. The number of amides is 1. The van der Waals surface area contributed by atoms with Gasteiger partial charge in [0, 0.05) is 42.1 Å². The van der Waals surface area contributed by atoms with Crippen LogP contribution in [0.5, 0.6) is 0 Å². The number of aromatic nitrogens is 1. The van der Waals surface area contributed by atoms with Gasteiger partial charge in [-0.2, -0.15) is 13.2 Å². The minimum atomic E-state index is -4.82. The van der Waals surface area contributed by atoms with Crippen LogP contribution in [-0.4, -0.2) is 34.6 Å². The molecule has 1 aromatic heterocycles. The Morgan fingerprint density at radius 1 is 1.25 bits per heavy atom. The first-order valence-corrected chi connectivity index (χ1v) is 7.99. The Labute approximate surface area is 137 Å². The second-order valence-electron chi connectivity index (χ2n) is 6.62. The van der Waals surface area contributed by atoms with E-state index in [9.17, 15) is 18.0 Å². The van der Waals surface area contributed by atoms with Crippen molar-refractivity contribution in [3.63, 3.8) is 0 Å². The summed E-state index contributed by atoms with van der Waals surface area (Å²) in [4.78, 5) is 12.7. The van der Waals surface area contributed by atoms with Crippen LogP contribution in [0.4, 0.5) is 13.2 Å². The topological polar surface area (TPSA) is 25.2 Å². The van der Waals surface area contributed by atoms with Crippen LogP contribution in [0.25, 0.3) is 10.9 Å². The number of carbonyl (C=O) groups is 1. The predicted molar refractivity (Wildman–Crippen MR) is 84.8 cm³/mol. The number of nitrogens with zero attached hydrogens (tertiary/aromatic N) is 2. The molecule has 0 saturated carbocycles. The normalized spacial score (nSPS) is 20.9. The quantitative estimate of drug-likeness (QED) is 0.676. The Morgan fingerprint density at radius 2 is 2.00 bits per heavy atom. The van der Waals surface area contributed by atoms with Gasteiger partial charge in [0.25, 0.3) is 0 Å². The highest BCUT2D eigenvalue weighted by atomic mass is 19.4. The smallest absolute Gasteiger partial charge is 0.340 e. The lowest BCUT2D eigenvalue weighted by Crippen LogP contribution is -2.43. The van der Waals surface area contributed by atoms with Crippen molar-refractivity contribution < 1.29 is 18.0 Å². The molecule has 1 unspecified atom stereocenters. The van der Waals surface area contributed by atoms with Gasteiger partial charge >= 0.3 is 12.1 Å². The molecule has 3 heterocycles. The van der Waals surface area contributed by atoms with Crippen molar-refractivity contribution in [2.75, 3.05) is 13.1 Å². The second kappa shape index (κ2) is 5.13. The summed E-state index contributed by atoms with van der Waals surface area (Å²) in [5.41, 5.74) is 4.26. The van der Waals surface area contributed by atoms with E-state index in [0.717, 1.165) is 32.6 Å². The highest BCUT2D eigenvalue weighted by Crippen LogP contribution is 2.41. The molecule has 2 aromatic rings. The van der Waals surface area contributed by atoms with Crippen LogP contribution in [0.2, 0.25) is 0 Å². The number of rotatable bonds is 0. The second-order valence-corrected chi connectivity index (χ2v) is 6.62. The SMILES string of the molecule is C=C1CC2CN(C(=O)C(F)(F)F)CCc3c2n(c2ccccc32)C1. The summed E-state index contributed by atoms with van der Waals surface area (Å²) in [7, 11) is 0. The lowest BCUT2D eigenvalue weighted by atomic mass is 9.90. The lowest BCUT2D eigenvalue weighted by Gasteiger charge is -2.30. The minimum Gasteiger partial charge on any atom is -0.340 e. The molecule has 0 saturated heterocycles. The summed E-state index contributed by atoms with van der Waals surface area (Å²) in [6, 6.07) is 7.96. The fourth-order valence-electron chi connectivity index (χ4n) is 4.15. The van der Waals surface area contributed by atoms with E-state index in [4.69, 9.17) is 0 Å². The van der Waals surface area contributed by atoms with Gasteiger partial charge in [-0.05, 0) is 24.5 Å². The summed E-state index contributed by atoms with van der Waals surface area (Å²) in [6.45, 7) is 4.95. The Balaban J connectivity index is 1.82. The third-order valence-electron chi connectivity index (χ3n) is 5.03. The van der Waals surface area contributed by atoms with E-state index >= 15 is 0 Å². The molecule has 0 radical (unpaired) electrons. The van der Waals surface area contributed by atoms with E-state index in [1.54, 1.807) is 0 Å². The maximum atomic E-state index is 12.9. The highest BCUT2D eigenvalue weighted by Gasteiger charge is 2.44. The number of halogens is 3. The van der Waals surface area contributed by atoms with Crippen LogP contribution in [0.3, 0.4) is 0 Å². The van der Waals surface area contributed by atoms with E-state index in [1.807, 2.05) is 24.3 Å². The molecule has 0 N–H and O–H groups in total.